The lowest BCUT2D eigenvalue weighted by molar-refractivity contribution is -0.118. The largest absolute Gasteiger partial charge is 0.351 e. The van der Waals surface area contributed by atoms with Gasteiger partial charge in [0.05, 0.1) is 27.9 Å². The van der Waals surface area contributed by atoms with Crippen molar-refractivity contribution in [3.63, 3.8) is 0 Å². The van der Waals surface area contributed by atoms with Crippen molar-refractivity contribution in [2.75, 3.05) is 5.75 Å². The molecule has 4 nitrogen and oxygen atoms in total. The van der Waals surface area contributed by atoms with Crippen molar-refractivity contribution in [1.29, 1.82) is 0 Å². The molecule has 156 valence electrons. The van der Waals surface area contributed by atoms with Crippen LogP contribution in [0.4, 0.5) is 15.8 Å². The van der Waals surface area contributed by atoms with Gasteiger partial charge in [0, 0.05) is 18.0 Å². The maximum atomic E-state index is 13.4. The van der Waals surface area contributed by atoms with Gasteiger partial charge in [0.2, 0.25) is 5.91 Å². The monoisotopic (exact) mass is 451 g/mol. The van der Waals surface area contributed by atoms with Gasteiger partial charge >= 0.3 is 0 Å². The van der Waals surface area contributed by atoms with E-state index in [0.29, 0.717) is 18.0 Å². The lowest BCUT2D eigenvalue weighted by Gasteiger charge is -2.08. The first-order chi connectivity index (χ1) is 15.1. The average Bonchev–Trinajstić information content (AvgIpc) is 2.97. The molecule has 0 radical (unpaired) electrons. The summed E-state index contributed by atoms with van der Waals surface area (Å²) in [7, 11) is 0. The third-order valence-electron chi connectivity index (χ3n) is 4.65. The predicted molar refractivity (Wildman–Crippen MR) is 127 cm³/mol. The Hall–Kier alpha value is -2.96. The number of benzene rings is 3. The van der Waals surface area contributed by atoms with Crippen molar-refractivity contribution >= 4 is 51.4 Å². The zero-order chi connectivity index (χ0) is 21.6. The highest BCUT2D eigenvalue weighted by molar-refractivity contribution is 8.14. The number of nitrogens with zero attached hydrogens (tertiary/aromatic N) is 2. The molecule has 0 aliphatic carbocycles. The molecule has 0 saturated heterocycles. The molecular weight excluding hydrogens is 433 g/mol. The number of para-hydroxylation sites is 2. The Morgan fingerprint density at radius 2 is 1.65 bits per heavy atom. The Bertz CT molecular complexity index is 1140. The summed E-state index contributed by atoms with van der Waals surface area (Å²) in [5, 5.41) is 4.36. The molecule has 1 N–H and O–H groups in total. The average molecular weight is 452 g/mol. The summed E-state index contributed by atoms with van der Waals surface area (Å²) in [5.74, 6) is -0.134. The van der Waals surface area contributed by atoms with E-state index in [1.807, 2.05) is 36.4 Å². The third kappa shape index (κ3) is 5.81. The zero-order valence-electron chi connectivity index (χ0n) is 16.5. The maximum absolute atomic E-state index is 13.4. The zero-order valence-corrected chi connectivity index (χ0v) is 18.1. The molecule has 1 aliphatic rings. The van der Waals surface area contributed by atoms with Crippen LogP contribution in [-0.2, 0) is 11.3 Å². The van der Waals surface area contributed by atoms with Crippen LogP contribution < -0.4 is 5.32 Å². The fraction of sp³-hybridized carbons (Fsp3) is 0.125. The van der Waals surface area contributed by atoms with E-state index in [9.17, 15) is 9.18 Å². The SMILES string of the molecule is O=C(CSC1=Nc2ccccc2N=C(c2ccc(F)cc2)C1)NCc1ccc(Cl)cc1. The van der Waals surface area contributed by atoms with Crippen molar-refractivity contribution < 1.29 is 9.18 Å². The second-order valence-electron chi connectivity index (χ2n) is 6.93. The first kappa shape index (κ1) is 21.3. The summed E-state index contributed by atoms with van der Waals surface area (Å²) in [6, 6.07) is 21.2. The number of hydrogen-bond acceptors (Lipinski definition) is 4. The van der Waals surface area contributed by atoms with E-state index in [0.717, 1.165) is 33.3 Å². The number of aliphatic imine (C=N–C) groups is 2. The summed E-state index contributed by atoms with van der Waals surface area (Å²) in [4.78, 5) is 21.8. The highest BCUT2D eigenvalue weighted by atomic mass is 35.5. The van der Waals surface area contributed by atoms with E-state index in [1.54, 1.807) is 24.3 Å². The second-order valence-corrected chi connectivity index (χ2v) is 8.41. The number of rotatable bonds is 5. The number of nitrogens with one attached hydrogen (secondary N) is 1. The highest BCUT2D eigenvalue weighted by Crippen LogP contribution is 2.33. The summed E-state index contributed by atoms with van der Waals surface area (Å²) in [6.45, 7) is 0.439. The number of carbonyl (C=O) groups excluding carboxylic acids is 1. The van der Waals surface area contributed by atoms with E-state index in [-0.39, 0.29) is 17.5 Å². The first-order valence-electron chi connectivity index (χ1n) is 9.71. The van der Waals surface area contributed by atoms with Crippen LogP contribution in [0.3, 0.4) is 0 Å². The smallest absolute Gasteiger partial charge is 0.230 e. The predicted octanol–water partition coefficient (Wildman–Crippen LogP) is 6.08. The molecule has 7 heteroatoms. The lowest BCUT2D eigenvalue weighted by Crippen LogP contribution is -2.25. The van der Waals surface area contributed by atoms with E-state index in [1.165, 1.54) is 23.9 Å². The van der Waals surface area contributed by atoms with Gasteiger partial charge in [-0.05, 0) is 47.5 Å². The van der Waals surface area contributed by atoms with Gasteiger partial charge in [-0.2, -0.15) is 0 Å². The van der Waals surface area contributed by atoms with E-state index in [2.05, 4.69) is 5.32 Å². The van der Waals surface area contributed by atoms with Gasteiger partial charge in [0.15, 0.2) is 0 Å². The minimum absolute atomic E-state index is 0.0829. The van der Waals surface area contributed by atoms with Gasteiger partial charge in [-0.15, -0.1) is 11.8 Å². The van der Waals surface area contributed by atoms with Crippen molar-refractivity contribution in [3.05, 3.63) is 94.8 Å². The quantitative estimate of drug-likeness (QED) is 0.510. The Kier molecular flexibility index (Phi) is 6.79. The Morgan fingerprint density at radius 1 is 0.968 bits per heavy atom. The first-order valence-corrected chi connectivity index (χ1v) is 11.1. The van der Waals surface area contributed by atoms with Crippen LogP contribution >= 0.6 is 23.4 Å². The maximum Gasteiger partial charge on any atom is 0.230 e. The highest BCUT2D eigenvalue weighted by Gasteiger charge is 2.16. The molecule has 0 fully saturated rings. The van der Waals surface area contributed by atoms with Gasteiger partial charge in [0.25, 0.3) is 0 Å². The number of thioether (sulfide) groups is 1. The van der Waals surface area contributed by atoms with Crippen LogP contribution in [0.1, 0.15) is 17.5 Å². The minimum Gasteiger partial charge on any atom is -0.351 e. The second kappa shape index (κ2) is 9.90. The number of amides is 1. The molecule has 4 rings (SSSR count). The van der Waals surface area contributed by atoms with E-state index in [4.69, 9.17) is 21.6 Å². The van der Waals surface area contributed by atoms with Crippen LogP contribution in [0, 0.1) is 5.82 Å². The van der Waals surface area contributed by atoms with Crippen LogP contribution in [0.25, 0.3) is 0 Å². The van der Waals surface area contributed by atoms with E-state index >= 15 is 0 Å². The fourth-order valence-corrected chi connectivity index (χ4v) is 3.98. The van der Waals surface area contributed by atoms with Crippen molar-refractivity contribution in [1.82, 2.24) is 5.32 Å². The summed E-state index contributed by atoms with van der Waals surface area (Å²) < 4.78 is 13.4. The molecule has 1 aliphatic heterocycles. The topological polar surface area (TPSA) is 53.8 Å². The molecule has 0 spiro atoms. The minimum atomic E-state index is -0.293. The van der Waals surface area contributed by atoms with Gasteiger partial charge < -0.3 is 5.32 Å². The molecule has 0 saturated carbocycles. The number of hydrogen-bond donors (Lipinski definition) is 1. The van der Waals surface area contributed by atoms with Crippen molar-refractivity contribution in [2.24, 2.45) is 9.98 Å². The normalized spacial score (nSPS) is 13.0. The summed E-state index contributed by atoms with van der Waals surface area (Å²) in [6.07, 6.45) is 0.468. The van der Waals surface area contributed by atoms with Crippen molar-refractivity contribution in [3.8, 4) is 0 Å². The Labute approximate surface area is 189 Å². The third-order valence-corrected chi connectivity index (χ3v) is 5.88. The molecule has 31 heavy (non-hydrogen) atoms. The fourth-order valence-electron chi connectivity index (χ4n) is 3.05. The van der Waals surface area contributed by atoms with Crippen LogP contribution in [-0.4, -0.2) is 22.4 Å². The van der Waals surface area contributed by atoms with E-state index < -0.39 is 0 Å². The van der Waals surface area contributed by atoms with Gasteiger partial charge in [-0.3, -0.25) is 9.79 Å². The Balaban J connectivity index is 1.45. The number of fused-ring (bicyclic) bond motifs is 1. The molecule has 0 aromatic heterocycles. The Morgan fingerprint density at radius 3 is 2.35 bits per heavy atom. The van der Waals surface area contributed by atoms with Gasteiger partial charge in [-0.1, -0.05) is 48.0 Å². The van der Waals surface area contributed by atoms with Crippen molar-refractivity contribution in [2.45, 2.75) is 13.0 Å². The molecule has 0 atom stereocenters. The van der Waals surface area contributed by atoms with Crippen LogP contribution in [0.2, 0.25) is 5.02 Å². The summed E-state index contributed by atoms with van der Waals surface area (Å²) in [5.41, 5.74) is 4.11. The van der Waals surface area contributed by atoms with Crippen LogP contribution in [0.15, 0.2) is 82.8 Å². The molecular formula is C24H19ClFN3OS. The molecule has 0 unspecified atom stereocenters. The summed E-state index contributed by atoms with van der Waals surface area (Å²) >= 11 is 7.27. The molecule has 3 aromatic carbocycles. The lowest BCUT2D eigenvalue weighted by atomic mass is 10.1. The van der Waals surface area contributed by atoms with Gasteiger partial charge in [0.1, 0.15) is 5.82 Å². The number of carbonyl (C=O) groups is 1. The number of halogens is 2. The standard InChI is InChI=1S/C24H19ClFN3OS/c25-18-9-5-16(6-10-18)14-27-23(30)15-31-24-13-22(17-7-11-19(26)12-8-17)28-20-3-1-2-4-21(20)29-24/h1-12H,13-15H2,(H,27,30). The molecule has 1 heterocycles. The van der Waals surface area contributed by atoms with Gasteiger partial charge in [-0.25, -0.2) is 9.38 Å². The van der Waals surface area contributed by atoms with Crippen LogP contribution in [0.5, 0.6) is 0 Å². The molecule has 3 aromatic rings. The molecule has 1 amide bonds. The molecule has 0 bridgehead atoms.